The van der Waals surface area contributed by atoms with Gasteiger partial charge in [-0.2, -0.15) is 0 Å². The molecule has 7 heteroatoms. The summed E-state index contributed by atoms with van der Waals surface area (Å²) in [6, 6.07) is 0. The molecule has 0 bridgehead atoms. The summed E-state index contributed by atoms with van der Waals surface area (Å²) in [6.07, 6.45) is 0. The molecular weight excluding hydrogens is 198 g/mol. The van der Waals surface area contributed by atoms with Crippen LogP contribution in [0.4, 0.5) is 5.13 Å². The molecule has 0 saturated carbocycles. The van der Waals surface area contributed by atoms with Gasteiger partial charge in [0.15, 0.2) is 4.21 Å². The van der Waals surface area contributed by atoms with Crippen LogP contribution in [0.25, 0.3) is 0 Å². The second kappa shape index (κ2) is 2.92. The van der Waals surface area contributed by atoms with Gasteiger partial charge in [0.1, 0.15) is 0 Å². The number of primary sulfonamides is 1. The largest absolute Gasteiger partial charge is 0.249 e. The topological polar surface area (TPSA) is 85.4 Å². The van der Waals surface area contributed by atoms with E-state index in [9.17, 15) is 8.42 Å². The van der Waals surface area contributed by atoms with E-state index in [1.165, 1.54) is 0 Å². The van der Waals surface area contributed by atoms with Crippen molar-refractivity contribution >= 4 is 33.2 Å². The van der Waals surface area contributed by atoms with Crippen LogP contribution in [-0.2, 0) is 10.0 Å². The zero-order valence-electron chi connectivity index (χ0n) is 6.31. The first kappa shape index (κ1) is 9.30. The molecule has 0 amide bonds. The zero-order chi connectivity index (χ0) is 9.35. The summed E-state index contributed by atoms with van der Waals surface area (Å²) in [4.78, 5) is 7.33. The van der Waals surface area contributed by atoms with Gasteiger partial charge < -0.3 is 0 Å². The van der Waals surface area contributed by atoms with Gasteiger partial charge in [-0.1, -0.05) is 11.3 Å². The Hall–Kier alpha value is -0.790. The quantitative estimate of drug-likeness (QED) is 0.710. The molecule has 1 aromatic heterocycles. The summed E-state index contributed by atoms with van der Waals surface area (Å²) in [6.45, 7) is 4.79. The van der Waals surface area contributed by atoms with E-state index < -0.39 is 10.0 Å². The molecule has 1 rings (SSSR count). The van der Waals surface area contributed by atoms with E-state index in [-0.39, 0.29) is 4.21 Å². The molecule has 0 spiro atoms. The van der Waals surface area contributed by atoms with Gasteiger partial charge in [-0.15, -0.1) is 0 Å². The minimum absolute atomic E-state index is 0.0462. The lowest BCUT2D eigenvalue weighted by molar-refractivity contribution is 0.599. The molecule has 0 aliphatic heterocycles. The number of thiazole rings is 1. The normalized spacial score (nSPS) is 11.5. The molecule has 0 aliphatic carbocycles. The lowest BCUT2D eigenvalue weighted by atomic mass is 10.6. The summed E-state index contributed by atoms with van der Waals surface area (Å²) in [5.74, 6) is 0. The summed E-state index contributed by atoms with van der Waals surface area (Å²) >= 11 is 0.913. The molecule has 0 atom stereocenters. The minimum Gasteiger partial charge on any atom is -0.236 e. The van der Waals surface area contributed by atoms with Crippen LogP contribution in [-0.4, -0.2) is 20.1 Å². The summed E-state index contributed by atoms with van der Waals surface area (Å²) < 4.78 is 21.8. The average molecular weight is 205 g/mol. The number of hydrogen-bond acceptors (Lipinski definition) is 5. The Bertz CT molecular complexity index is 406. The second-order valence-corrected chi connectivity index (χ2v) is 4.81. The molecule has 2 N–H and O–H groups in total. The number of sulfonamides is 1. The smallest absolute Gasteiger partial charge is 0.236 e. The van der Waals surface area contributed by atoms with Crippen molar-refractivity contribution in [3.63, 3.8) is 0 Å². The number of aliphatic imine (C=N–C) groups is 1. The molecule has 1 heterocycles. The van der Waals surface area contributed by atoms with Crippen molar-refractivity contribution in [3.05, 3.63) is 5.69 Å². The first-order chi connectivity index (χ1) is 5.45. The Morgan fingerprint density at radius 1 is 1.67 bits per heavy atom. The average Bonchev–Trinajstić information content (AvgIpc) is 2.29. The molecular formula is C5H7N3O2S2. The number of aromatic nitrogens is 1. The third kappa shape index (κ3) is 1.68. The van der Waals surface area contributed by atoms with Gasteiger partial charge in [-0.25, -0.2) is 23.5 Å². The van der Waals surface area contributed by atoms with E-state index in [4.69, 9.17) is 5.14 Å². The second-order valence-electron chi connectivity index (χ2n) is 2.07. The molecule has 0 unspecified atom stereocenters. The summed E-state index contributed by atoms with van der Waals surface area (Å²) in [5, 5.41) is 5.22. The molecule has 0 radical (unpaired) electrons. The molecule has 0 aliphatic rings. The van der Waals surface area contributed by atoms with Crippen LogP contribution in [0.3, 0.4) is 0 Å². The number of hydrogen-bond donors (Lipinski definition) is 1. The van der Waals surface area contributed by atoms with E-state index >= 15 is 0 Å². The van der Waals surface area contributed by atoms with Crippen LogP contribution in [0.2, 0.25) is 0 Å². The first-order valence-corrected chi connectivity index (χ1v) is 5.28. The Morgan fingerprint density at radius 2 is 2.25 bits per heavy atom. The Balaban J connectivity index is 3.36. The van der Waals surface area contributed by atoms with Crippen molar-refractivity contribution in [1.29, 1.82) is 0 Å². The number of aryl methyl sites for hydroxylation is 1. The van der Waals surface area contributed by atoms with Gasteiger partial charge in [0.05, 0.1) is 5.69 Å². The number of nitrogens with two attached hydrogens (primary N) is 1. The van der Waals surface area contributed by atoms with E-state index in [1.54, 1.807) is 6.92 Å². The fourth-order valence-electron chi connectivity index (χ4n) is 0.700. The van der Waals surface area contributed by atoms with Gasteiger partial charge in [-0.3, -0.25) is 0 Å². The van der Waals surface area contributed by atoms with Gasteiger partial charge in [0, 0.05) is 0 Å². The van der Waals surface area contributed by atoms with Crippen LogP contribution < -0.4 is 5.14 Å². The summed E-state index contributed by atoms with van der Waals surface area (Å²) in [5.41, 5.74) is 0.366. The molecule has 5 nitrogen and oxygen atoms in total. The molecule has 0 aromatic carbocycles. The van der Waals surface area contributed by atoms with Crippen molar-refractivity contribution in [2.75, 3.05) is 0 Å². The highest BCUT2D eigenvalue weighted by molar-refractivity contribution is 7.91. The van der Waals surface area contributed by atoms with E-state index in [1.807, 2.05) is 0 Å². The van der Waals surface area contributed by atoms with Crippen molar-refractivity contribution in [2.45, 2.75) is 11.1 Å². The minimum atomic E-state index is -3.65. The standard InChI is InChI=1S/C5H7N3O2S2/c1-3-4(12(6,9)10)11-5(7-2)8-3/h2H2,1H3,(H2,6,9,10). The Kier molecular flexibility index (Phi) is 2.27. The van der Waals surface area contributed by atoms with Crippen LogP contribution in [0.15, 0.2) is 9.20 Å². The summed E-state index contributed by atoms with van der Waals surface area (Å²) in [7, 11) is -3.65. The van der Waals surface area contributed by atoms with E-state index in [0.717, 1.165) is 11.3 Å². The van der Waals surface area contributed by atoms with Crippen molar-refractivity contribution < 1.29 is 8.42 Å². The monoisotopic (exact) mass is 205 g/mol. The maximum atomic E-state index is 10.9. The SMILES string of the molecule is C=Nc1nc(C)c(S(N)(=O)=O)s1. The Labute approximate surface area is 74.0 Å². The predicted molar refractivity (Wildman–Crippen MR) is 47.4 cm³/mol. The van der Waals surface area contributed by atoms with Crippen LogP contribution in [0.1, 0.15) is 5.69 Å². The van der Waals surface area contributed by atoms with Gasteiger partial charge in [0.2, 0.25) is 15.2 Å². The van der Waals surface area contributed by atoms with E-state index in [2.05, 4.69) is 16.7 Å². The lowest BCUT2D eigenvalue weighted by Crippen LogP contribution is -2.11. The molecule has 66 valence electrons. The third-order valence-electron chi connectivity index (χ3n) is 1.14. The molecule has 1 aromatic rings. The van der Waals surface area contributed by atoms with Gasteiger partial charge in [-0.05, 0) is 13.6 Å². The molecule has 12 heavy (non-hydrogen) atoms. The predicted octanol–water partition coefficient (Wildman–Crippen LogP) is 0.431. The number of rotatable bonds is 2. The lowest BCUT2D eigenvalue weighted by Gasteiger charge is -1.90. The zero-order valence-corrected chi connectivity index (χ0v) is 7.94. The van der Waals surface area contributed by atoms with Crippen molar-refractivity contribution in [1.82, 2.24) is 4.98 Å². The fourth-order valence-corrected chi connectivity index (χ4v) is 2.45. The highest BCUT2D eigenvalue weighted by Gasteiger charge is 2.16. The van der Waals surface area contributed by atoms with Crippen molar-refractivity contribution in [2.24, 2.45) is 10.1 Å². The highest BCUT2D eigenvalue weighted by atomic mass is 32.2. The third-order valence-corrected chi connectivity index (χ3v) is 3.78. The van der Waals surface area contributed by atoms with Crippen LogP contribution >= 0.6 is 11.3 Å². The Morgan fingerprint density at radius 3 is 2.50 bits per heavy atom. The van der Waals surface area contributed by atoms with Crippen molar-refractivity contribution in [3.8, 4) is 0 Å². The van der Waals surface area contributed by atoms with Crippen LogP contribution in [0, 0.1) is 6.92 Å². The number of nitrogens with zero attached hydrogens (tertiary/aromatic N) is 2. The van der Waals surface area contributed by atoms with Crippen LogP contribution in [0.5, 0.6) is 0 Å². The maximum Gasteiger partial charge on any atom is 0.249 e. The van der Waals surface area contributed by atoms with Gasteiger partial charge >= 0.3 is 0 Å². The van der Waals surface area contributed by atoms with Gasteiger partial charge in [0.25, 0.3) is 0 Å². The van der Waals surface area contributed by atoms with E-state index in [0.29, 0.717) is 10.8 Å². The highest BCUT2D eigenvalue weighted by Crippen LogP contribution is 2.27. The fraction of sp³-hybridized carbons (Fsp3) is 0.200. The first-order valence-electron chi connectivity index (χ1n) is 2.92. The molecule has 0 saturated heterocycles. The molecule has 0 fully saturated rings. The maximum absolute atomic E-state index is 10.9.